The Labute approximate surface area is 148 Å². The molecule has 1 aliphatic rings. The summed E-state index contributed by atoms with van der Waals surface area (Å²) in [5.41, 5.74) is -3.12. The largest absolute Gasteiger partial charge is 0.456 e. The van der Waals surface area contributed by atoms with E-state index in [4.69, 9.17) is 4.42 Å². The highest BCUT2D eigenvalue weighted by Crippen LogP contribution is 2.42. The van der Waals surface area contributed by atoms with Gasteiger partial charge in [-0.05, 0) is 36.8 Å². The maximum absolute atomic E-state index is 13.5. The van der Waals surface area contributed by atoms with Crippen molar-refractivity contribution in [2.75, 3.05) is 0 Å². The van der Waals surface area contributed by atoms with E-state index in [1.54, 1.807) is 31.2 Å². The molecular formula is C16H12BrF3N2O3. The zero-order chi connectivity index (χ0) is 18.4. The highest BCUT2D eigenvalue weighted by molar-refractivity contribution is 9.10. The van der Waals surface area contributed by atoms with E-state index in [-0.39, 0.29) is 16.5 Å². The van der Waals surface area contributed by atoms with Gasteiger partial charge in [0, 0.05) is 4.47 Å². The van der Waals surface area contributed by atoms with Crippen LogP contribution in [0.4, 0.5) is 13.2 Å². The molecule has 0 fully saturated rings. The Kier molecular flexibility index (Phi) is 4.24. The van der Waals surface area contributed by atoms with Gasteiger partial charge < -0.3 is 9.52 Å². The molecular weight excluding hydrogens is 405 g/mol. The summed E-state index contributed by atoms with van der Waals surface area (Å²) in [5, 5.41) is 14.0. The fourth-order valence-electron chi connectivity index (χ4n) is 2.44. The van der Waals surface area contributed by atoms with Crippen molar-refractivity contribution >= 4 is 27.5 Å². The number of carbonyl (C=O) groups excluding carboxylic acids is 1. The lowest BCUT2D eigenvalue weighted by atomic mass is 10.0. The lowest BCUT2D eigenvalue weighted by Gasteiger charge is -2.32. The fraction of sp³-hybridized carbons (Fsp3) is 0.250. The number of furan rings is 1. The molecule has 1 amide bonds. The topological polar surface area (TPSA) is 66.0 Å². The Morgan fingerprint density at radius 1 is 1.28 bits per heavy atom. The Morgan fingerprint density at radius 3 is 2.44 bits per heavy atom. The summed E-state index contributed by atoms with van der Waals surface area (Å²) < 4.78 is 46.2. The quantitative estimate of drug-likeness (QED) is 0.808. The van der Waals surface area contributed by atoms with Crippen LogP contribution in [0.15, 0.2) is 50.4 Å². The van der Waals surface area contributed by atoms with Crippen molar-refractivity contribution in [1.29, 1.82) is 0 Å². The lowest BCUT2D eigenvalue weighted by molar-refractivity contribution is -0.297. The first-order chi connectivity index (χ1) is 11.6. The van der Waals surface area contributed by atoms with E-state index in [2.05, 4.69) is 21.0 Å². The number of amides is 1. The average Bonchev–Trinajstić information content (AvgIpc) is 3.11. The number of aryl methyl sites for hydroxylation is 1. The second-order valence-corrected chi connectivity index (χ2v) is 6.49. The Hall–Kier alpha value is -2.13. The summed E-state index contributed by atoms with van der Waals surface area (Å²) >= 11 is 3.23. The van der Waals surface area contributed by atoms with E-state index in [0.717, 1.165) is 4.47 Å². The monoisotopic (exact) mass is 416 g/mol. The summed E-state index contributed by atoms with van der Waals surface area (Å²) in [6.45, 7) is 1.55. The third-order valence-electron chi connectivity index (χ3n) is 3.76. The van der Waals surface area contributed by atoms with Crippen LogP contribution in [0, 0.1) is 6.92 Å². The zero-order valence-corrected chi connectivity index (χ0v) is 14.4. The van der Waals surface area contributed by atoms with E-state index < -0.39 is 24.2 Å². The highest BCUT2D eigenvalue weighted by atomic mass is 79.9. The van der Waals surface area contributed by atoms with Crippen molar-refractivity contribution in [3.8, 4) is 0 Å². The molecule has 0 unspecified atom stereocenters. The van der Waals surface area contributed by atoms with E-state index in [0.29, 0.717) is 11.3 Å². The lowest BCUT2D eigenvalue weighted by Crippen LogP contribution is -2.56. The molecule has 0 saturated carbocycles. The number of halogens is 4. The summed E-state index contributed by atoms with van der Waals surface area (Å²) in [5.74, 6) is -1.14. The van der Waals surface area contributed by atoms with Gasteiger partial charge in [0.25, 0.3) is 5.72 Å². The van der Waals surface area contributed by atoms with Crippen molar-refractivity contribution in [2.45, 2.75) is 25.2 Å². The first-order valence-corrected chi connectivity index (χ1v) is 7.94. The van der Waals surface area contributed by atoms with E-state index in [1.807, 2.05) is 0 Å². The Bertz CT molecular complexity index is 845. The number of aliphatic hydroxyl groups is 1. The van der Waals surface area contributed by atoms with Gasteiger partial charge >= 0.3 is 12.1 Å². The second-order valence-electron chi connectivity index (χ2n) is 5.57. The van der Waals surface area contributed by atoms with Crippen LogP contribution in [0.25, 0.3) is 0 Å². The van der Waals surface area contributed by atoms with Gasteiger partial charge in [-0.25, -0.2) is 0 Å². The molecule has 0 aliphatic carbocycles. The molecule has 2 aromatic rings. The SMILES string of the molecule is Cc1ccc(C(=O)N2N=C(c3ccc(Br)cc3)C[C@@]2(O)C(F)(F)F)o1. The van der Waals surface area contributed by atoms with Crippen molar-refractivity contribution in [1.82, 2.24) is 5.01 Å². The fourth-order valence-corrected chi connectivity index (χ4v) is 2.70. The molecule has 0 saturated heterocycles. The smallest absolute Gasteiger partial charge is 0.438 e. The minimum atomic E-state index is -5.09. The molecule has 0 radical (unpaired) electrons. The molecule has 1 aliphatic heterocycles. The molecule has 5 nitrogen and oxygen atoms in total. The molecule has 0 spiro atoms. The van der Waals surface area contributed by atoms with Gasteiger partial charge in [0.1, 0.15) is 5.76 Å². The van der Waals surface area contributed by atoms with Crippen LogP contribution in [0.2, 0.25) is 0 Å². The number of hydrogen-bond donors (Lipinski definition) is 1. The van der Waals surface area contributed by atoms with Crippen LogP contribution in [-0.4, -0.2) is 33.6 Å². The van der Waals surface area contributed by atoms with Gasteiger partial charge in [0.15, 0.2) is 5.76 Å². The number of hydrazone groups is 1. The van der Waals surface area contributed by atoms with Gasteiger partial charge in [-0.3, -0.25) is 4.79 Å². The Balaban J connectivity index is 2.04. The molecule has 3 rings (SSSR count). The van der Waals surface area contributed by atoms with Gasteiger partial charge in [-0.1, -0.05) is 28.1 Å². The summed E-state index contributed by atoms with van der Waals surface area (Å²) in [4.78, 5) is 12.4. The van der Waals surface area contributed by atoms with E-state index >= 15 is 0 Å². The maximum atomic E-state index is 13.5. The van der Waals surface area contributed by atoms with Crippen LogP contribution in [0.3, 0.4) is 0 Å². The summed E-state index contributed by atoms with van der Waals surface area (Å²) in [7, 11) is 0. The summed E-state index contributed by atoms with van der Waals surface area (Å²) in [6.07, 6.45) is -5.96. The van der Waals surface area contributed by atoms with Crippen molar-refractivity contribution in [3.63, 3.8) is 0 Å². The van der Waals surface area contributed by atoms with Crippen LogP contribution in [0.5, 0.6) is 0 Å². The van der Waals surface area contributed by atoms with Crippen LogP contribution >= 0.6 is 15.9 Å². The van der Waals surface area contributed by atoms with Crippen LogP contribution in [0.1, 0.15) is 28.3 Å². The average molecular weight is 417 g/mol. The van der Waals surface area contributed by atoms with Gasteiger partial charge in [-0.15, -0.1) is 0 Å². The normalized spacial score (nSPS) is 20.7. The number of alkyl halides is 3. The van der Waals surface area contributed by atoms with Crippen LogP contribution in [-0.2, 0) is 0 Å². The molecule has 2 heterocycles. The van der Waals surface area contributed by atoms with Gasteiger partial charge in [0.05, 0.1) is 12.1 Å². The molecule has 25 heavy (non-hydrogen) atoms. The molecule has 1 aromatic carbocycles. The Morgan fingerprint density at radius 2 is 1.92 bits per heavy atom. The number of carbonyl (C=O) groups is 1. The first kappa shape index (κ1) is 17.7. The predicted octanol–water partition coefficient (Wildman–Crippen LogP) is 3.85. The van der Waals surface area contributed by atoms with E-state index in [9.17, 15) is 23.1 Å². The minimum Gasteiger partial charge on any atom is -0.456 e. The van der Waals surface area contributed by atoms with Gasteiger partial charge in [-0.2, -0.15) is 23.3 Å². The van der Waals surface area contributed by atoms with Crippen molar-refractivity contribution in [3.05, 3.63) is 58.0 Å². The van der Waals surface area contributed by atoms with Crippen molar-refractivity contribution < 1.29 is 27.5 Å². The van der Waals surface area contributed by atoms with Gasteiger partial charge in [0.2, 0.25) is 0 Å². The standard InChI is InChI=1S/C16H12BrF3N2O3/c1-9-2-7-13(25-9)14(23)22-15(24,16(18,19)20)8-12(21-22)10-3-5-11(17)6-4-10/h2-7,24H,8H2,1H3/t15-/m1/s1. The van der Waals surface area contributed by atoms with Crippen molar-refractivity contribution in [2.24, 2.45) is 5.10 Å². The first-order valence-electron chi connectivity index (χ1n) is 7.15. The molecule has 132 valence electrons. The number of benzene rings is 1. The second kappa shape index (κ2) is 5.99. The van der Waals surface area contributed by atoms with Crippen LogP contribution < -0.4 is 0 Å². The number of hydrogen-bond acceptors (Lipinski definition) is 4. The molecule has 0 bridgehead atoms. The molecule has 9 heteroatoms. The number of rotatable bonds is 2. The minimum absolute atomic E-state index is 0.0443. The van der Waals surface area contributed by atoms with E-state index in [1.165, 1.54) is 12.1 Å². The molecule has 1 atom stereocenters. The number of nitrogens with zero attached hydrogens (tertiary/aromatic N) is 2. The summed E-state index contributed by atoms with van der Waals surface area (Å²) in [6, 6.07) is 9.03. The zero-order valence-electron chi connectivity index (χ0n) is 12.8. The maximum Gasteiger partial charge on any atom is 0.438 e. The molecule has 1 aromatic heterocycles. The predicted molar refractivity (Wildman–Crippen MR) is 85.9 cm³/mol. The highest BCUT2D eigenvalue weighted by Gasteiger charge is 2.63. The third kappa shape index (κ3) is 3.09. The third-order valence-corrected chi connectivity index (χ3v) is 4.29. The molecule has 1 N–H and O–H groups in total.